The molecule has 6 heteroatoms. The van der Waals surface area contributed by atoms with E-state index in [0.29, 0.717) is 25.1 Å². The normalized spacial score (nSPS) is 16.1. The number of hydrogen-bond acceptors (Lipinski definition) is 3. The predicted octanol–water partition coefficient (Wildman–Crippen LogP) is -0.0776. The van der Waals surface area contributed by atoms with Gasteiger partial charge in [0, 0.05) is 12.3 Å². The lowest BCUT2D eigenvalue weighted by atomic mass is 9.95. The maximum atomic E-state index is 10.5. The van der Waals surface area contributed by atoms with Crippen LogP contribution in [-0.2, 0) is 0 Å². The Morgan fingerprint density at radius 2 is 1.20 bits per heavy atom. The molecule has 0 bridgehead atoms. The highest BCUT2D eigenvalue weighted by atomic mass is 79.9. The fourth-order valence-electron chi connectivity index (χ4n) is 3.08. The highest BCUT2D eigenvalue weighted by molar-refractivity contribution is 6.17. The van der Waals surface area contributed by atoms with Crippen molar-refractivity contribution < 1.29 is 37.6 Å². The summed E-state index contributed by atoms with van der Waals surface area (Å²) in [6.45, 7) is 4.28. The molecule has 0 fully saturated rings. The first-order chi connectivity index (χ1) is 11.6. The minimum absolute atomic E-state index is 0. The Hall–Kier alpha value is 0.610. The van der Waals surface area contributed by atoms with E-state index in [0.717, 1.165) is 57.8 Å². The van der Waals surface area contributed by atoms with Gasteiger partial charge in [0.15, 0.2) is 6.23 Å². The van der Waals surface area contributed by atoms with Gasteiger partial charge in [0.1, 0.15) is 18.2 Å². The van der Waals surface area contributed by atoms with Gasteiger partial charge in [-0.1, -0.05) is 58.8 Å². The molecule has 0 aliphatic carbocycles. The summed E-state index contributed by atoms with van der Waals surface area (Å²) >= 11 is 5.67. The maximum Gasteiger partial charge on any atom is 0.187 e. The zero-order chi connectivity index (χ0) is 18.2. The van der Waals surface area contributed by atoms with Crippen LogP contribution in [0.5, 0.6) is 0 Å². The van der Waals surface area contributed by atoms with E-state index in [9.17, 15) is 15.3 Å². The molecule has 4 nitrogen and oxygen atoms in total. The largest absolute Gasteiger partial charge is 1.00 e. The second kappa shape index (κ2) is 19.4. The molecule has 5 N–H and O–H groups in total. The molecule has 0 aromatic heterocycles. The monoisotopic (exact) mass is 445 g/mol. The fraction of sp³-hybridized carbons (Fsp3) is 1.00. The third kappa shape index (κ3) is 15.4. The van der Waals surface area contributed by atoms with Crippen LogP contribution in [0.15, 0.2) is 0 Å². The summed E-state index contributed by atoms with van der Waals surface area (Å²) in [6, 6.07) is -0.332. The SMILES string of the molecule is CCCCCC(O)C([NH2+]C(O)CCCCCCl)C(O)CCCCC.[Br-]. The van der Waals surface area contributed by atoms with Crippen LogP contribution in [0.3, 0.4) is 0 Å². The van der Waals surface area contributed by atoms with Crippen LogP contribution in [0.1, 0.15) is 90.9 Å². The summed E-state index contributed by atoms with van der Waals surface area (Å²) in [4.78, 5) is 0. The van der Waals surface area contributed by atoms with Crippen LogP contribution in [0.4, 0.5) is 0 Å². The van der Waals surface area contributed by atoms with Crippen molar-refractivity contribution in [2.45, 2.75) is 115 Å². The van der Waals surface area contributed by atoms with Crippen LogP contribution in [-0.4, -0.2) is 45.7 Å². The lowest BCUT2D eigenvalue weighted by Crippen LogP contribution is -3.00. The van der Waals surface area contributed by atoms with Crippen LogP contribution < -0.4 is 22.3 Å². The number of alkyl halides is 1. The molecule has 0 aliphatic rings. The molecule has 0 aliphatic heterocycles. The third-order valence-electron chi connectivity index (χ3n) is 4.67. The lowest BCUT2D eigenvalue weighted by Gasteiger charge is -2.28. The van der Waals surface area contributed by atoms with Gasteiger partial charge in [-0.05, 0) is 25.7 Å². The fourth-order valence-corrected chi connectivity index (χ4v) is 3.27. The Labute approximate surface area is 170 Å². The first-order valence-electron chi connectivity index (χ1n) is 10.0. The molecule has 0 saturated carbocycles. The lowest BCUT2D eigenvalue weighted by molar-refractivity contribution is -0.765. The smallest absolute Gasteiger partial charge is 0.187 e. The number of unbranched alkanes of at least 4 members (excludes halogenated alkanes) is 6. The van der Waals surface area contributed by atoms with Crippen molar-refractivity contribution in [3.05, 3.63) is 0 Å². The van der Waals surface area contributed by atoms with E-state index < -0.39 is 18.4 Å². The molecule has 25 heavy (non-hydrogen) atoms. The number of quaternary nitrogens is 1. The zero-order valence-corrected chi connectivity index (χ0v) is 18.5. The summed E-state index contributed by atoms with van der Waals surface area (Å²) in [5, 5.41) is 33.0. The van der Waals surface area contributed by atoms with Crippen LogP contribution in [0.2, 0.25) is 0 Å². The second-order valence-electron chi connectivity index (χ2n) is 7.00. The highest BCUT2D eigenvalue weighted by Gasteiger charge is 2.31. The molecule has 0 spiro atoms. The van der Waals surface area contributed by atoms with Gasteiger partial charge >= 0.3 is 0 Å². The van der Waals surface area contributed by atoms with Gasteiger partial charge < -0.3 is 37.6 Å². The molecular weight excluding hydrogens is 406 g/mol. The van der Waals surface area contributed by atoms with Crippen molar-refractivity contribution in [3.63, 3.8) is 0 Å². The summed E-state index contributed by atoms with van der Waals surface area (Å²) in [5.74, 6) is 0.661. The van der Waals surface area contributed by atoms with Crippen molar-refractivity contribution in [1.29, 1.82) is 0 Å². The molecule has 0 saturated heterocycles. The van der Waals surface area contributed by atoms with Gasteiger partial charge in [-0.25, -0.2) is 0 Å². The van der Waals surface area contributed by atoms with Crippen LogP contribution in [0.25, 0.3) is 0 Å². The molecule has 154 valence electrons. The van der Waals surface area contributed by atoms with Crippen molar-refractivity contribution in [1.82, 2.24) is 0 Å². The average Bonchev–Trinajstić information content (AvgIpc) is 2.56. The van der Waals surface area contributed by atoms with E-state index in [1.165, 1.54) is 0 Å². The number of halogens is 2. The number of aliphatic hydroxyl groups is 3. The van der Waals surface area contributed by atoms with E-state index in [1.807, 2.05) is 0 Å². The van der Waals surface area contributed by atoms with Gasteiger partial charge in [0.2, 0.25) is 0 Å². The summed E-state index contributed by atoms with van der Waals surface area (Å²) < 4.78 is 0. The van der Waals surface area contributed by atoms with Gasteiger partial charge in [-0.3, -0.25) is 0 Å². The Morgan fingerprint density at radius 3 is 1.64 bits per heavy atom. The minimum Gasteiger partial charge on any atom is -1.00 e. The number of aliphatic hydroxyl groups excluding tert-OH is 3. The van der Waals surface area contributed by atoms with Gasteiger partial charge in [-0.15, -0.1) is 11.6 Å². The van der Waals surface area contributed by atoms with E-state index in [4.69, 9.17) is 11.6 Å². The molecule has 3 atom stereocenters. The van der Waals surface area contributed by atoms with E-state index in [2.05, 4.69) is 13.8 Å². The standard InChI is InChI=1S/C19H40ClNO3.BrH/c1-3-5-8-12-16(22)19(17(23)13-9-6-4-2)21-18(24)14-10-7-11-15-20;/h16-19,21-24H,3-15H2,1-2H3;1H. The van der Waals surface area contributed by atoms with E-state index in [1.54, 1.807) is 5.32 Å². The summed E-state index contributed by atoms with van der Waals surface area (Å²) in [6.07, 6.45) is 9.63. The zero-order valence-electron chi connectivity index (χ0n) is 16.2. The first kappa shape index (κ1) is 27.8. The molecular formula is C19H41BrClNO3. The summed E-state index contributed by atoms with van der Waals surface area (Å²) in [7, 11) is 0. The van der Waals surface area contributed by atoms with Gasteiger partial charge in [0.25, 0.3) is 0 Å². The van der Waals surface area contributed by atoms with E-state index >= 15 is 0 Å². The molecule has 3 unspecified atom stereocenters. The van der Waals surface area contributed by atoms with Crippen molar-refractivity contribution in [3.8, 4) is 0 Å². The molecule has 0 heterocycles. The Morgan fingerprint density at radius 1 is 0.720 bits per heavy atom. The van der Waals surface area contributed by atoms with Gasteiger partial charge in [0.05, 0.1) is 0 Å². The average molecular weight is 447 g/mol. The maximum absolute atomic E-state index is 10.5. The Bertz CT molecular complexity index is 259. The predicted molar refractivity (Wildman–Crippen MR) is 101 cm³/mol. The summed E-state index contributed by atoms with van der Waals surface area (Å²) in [5.41, 5.74) is 0. The second-order valence-corrected chi connectivity index (χ2v) is 7.38. The Balaban J connectivity index is 0. The topological polar surface area (TPSA) is 77.3 Å². The molecule has 0 aromatic rings. The molecule has 0 rings (SSSR count). The molecule has 0 aromatic carbocycles. The number of hydrogen-bond donors (Lipinski definition) is 4. The highest BCUT2D eigenvalue weighted by Crippen LogP contribution is 2.12. The minimum atomic E-state index is -0.564. The number of nitrogens with two attached hydrogens (primary N) is 1. The van der Waals surface area contributed by atoms with Crippen LogP contribution >= 0.6 is 11.6 Å². The quantitative estimate of drug-likeness (QED) is 0.143. The van der Waals surface area contributed by atoms with Crippen molar-refractivity contribution in [2.75, 3.05) is 5.88 Å². The third-order valence-corrected chi connectivity index (χ3v) is 4.94. The van der Waals surface area contributed by atoms with E-state index in [-0.39, 0.29) is 23.0 Å². The van der Waals surface area contributed by atoms with Crippen molar-refractivity contribution >= 4 is 11.6 Å². The first-order valence-corrected chi connectivity index (χ1v) is 10.5. The molecule has 0 radical (unpaired) electrons. The Kier molecular flexibility index (Phi) is 21.6. The molecule has 0 amide bonds. The van der Waals surface area contributed by atoms with Gasteiger partial charge in [-0.2, -0.15) is 0 Å². The van der Waals surface area contributed by atoms with Crippen LogP contribution in [0, 0.1) is 0 Å². The number of rotatable bonds is 17. The van der Waals surface area contributed by atoms with Crippen molar-refractivity contribution in [2.24, 2.45) is 0 Å².